The number of benzene rings is 1. The van der Waals surface area contributed by atoms with Gasteiger partial charge in [-0.25, -0.2) is 9.78 Å². The van der Waals surface area contributed by atoms with E-state index in [4.69, 9.17) is 9.72 Å². The molecule has 134 valence electrons. The van der Waals surface area contributed by atoms with E-state index < -0.39 is 0 Å². The number of hydrogen-bond acceptors (Lipinski definition) is 4. The summed E-state index contributed by atoms with van der Waals surface area (Å²) in [5, 5.41) is 9.73. The first-order chi connectivity index (χ1) is 12.1. The van der Waals surface area contributed by atoms with E-state index in [0.29, 0.717) is 25.6 Å². The van der Waals surface area contributed by atoms with E-state index in [1.807, 2.05) is 34.9 Å². The molecular weight excluding hydrogens is 318 g/mol. The second-order valence-corrected chi connectivity index (χ2v) is 6.44. The molecule has 0 bridgehead atoms. The van der Waals surface area contributed by atoms with Gasteiger partial charge in [-0.2, -0.15) is 0 Å². The molecule has 3 rings (SSSR count). The van der Waals surface area contributed by atoms with E-state index in [0.717, 1.165) is 29.2 Å². The quantitative estimate of drug-likeness (QED) is 0.906. The number of hydrogen-bond donors (Lipinski definition) is 1. The third-order valence-corrected chi connectivity index (χ3v) is 4.80. The van der Waals surface area contributed by atoms with Crippen LogP contribution in [0.1, 0.15) is 49.0 Å². The number of aromatic nitrogens is 2. The first kappa shape index (κ1) is 17.5. The Hall–Kier alpha value is -2.34. The fraction of sp³-hybridized carbons (Fsp3) is 0.474. The Balaban J connectivity index is 1.68. The van der Waals surface area contributed by atoms with Crippen LogP contribution in [0.15, 0.2) is 30.3 Å². The number of ether oxygens (including phenoxy) is 1. The van der Waals surface area contributed by atoms with Crippen molar-refractivity contribution < 1.29 is 14.6 Å². The average molecular weight is 343 g/mol. The SMILES string of the molecule is CC[C@@H](C)c1nc2n(c1CO)CCN(C(=O)OCc1ccccc1)C2. The Morgan fingerprint density at radius 3 is 2.76 bits per heavy atom. The molecule has 0 spiro atoms. The van der Waals surface area contributed by atoms with E-state index in [1.54, 1.807) is 4.90 Å². The summed E-state index contributed by atoms with van der Waals surface area (Å²) in [4.78, 5) is 18.7. The molecule has 1 aromatic heterocycles. The van der Waals surface area contributed by atoms with Crippen LogP contribution in [-0.2, 0) is 31.0 Å². The van der Waals surface area contributed by atoms with Gasteiger partial charge in [0.2, 0.25) is 0 Å². The number of aliphatic hydroxyl groups is 1. The van der Waals surface area contributed by atoms with Gasteiger partial charge >= 0.3 is 6.09 Å². The second-order valence-electron chi connectivity index (χ2n) is 6.44. The number of imidazole rings is 1. The van der Waals surface area contributed by atoms with Crippen LogP contribution in [0.5, 0.6) is 0 Å². The highest BCUT2D eigenvalue weighted by molar-refractivity contribution is 5.67. The van der Waals surface area contributed by atoms with Gasteiger partial charge in [0, 0.05) is 19.0 Å². The van der Waals surface area contributed by atoms with Crippen molar-refractivity contribution in [1.29, 1.82) is 0 Å². The van der Waals surface area contributed by atoms with Crippen LogP contribution in [-0.4, -0.2) is 32.2 Å². The molecule has 1 amide bonds. The summed E-state index contributed by atoms with van der Waals surface area (Å²) in [7, 11) is 0. The number of nitrogens with zero attached hydrogens (tertiary/aromatic N) is 3. The number of amides is 1. The molecule has 6 heteroatoms. The van der Waals surface area contributed by atoms with Crippen LogP contribution in [0, 0.1) is 0 Å². The second kappa shape index (κ2) is 7.70. The van der Waals surface area contributed by atoms with E-state index in [-0.39, 0.29) is 19.3 Å². The number of carbonyl (C=O) groups excluding carboxylic acids is 1. The summed E-state index contributed by atoms with van der Waals surface area (Å²) in [6.45, 7) is 6.07. The van der Waals surface area contributed by atoms with Gasteiger partial charge < -0.3 is 14.4 Å². The summed E-state index contributed by atoms with van der Waals surface area (Å²) >= 11 is 0. The lowest BCUT2D eigenvalue weighted by molar-refractivity contribution is 0.0856. The van der Waals surface area contributed by atoms with Gasteiger partial charge in [0.25, 0.3) is 0 Å². The highest BCUT2D eigenvalue weighted by Crippen LogP contribution is 2.26. The molecule has 6 nitrogen and oxygen atoms in total. The molecule has 2 aromatic rings. The van der Waals surface area contributed by atoms with Gasteiger partial charge in [0.05, 0.1) is 24.5 Å². The largest absolute Gasteiger partial charge is 0.445 e. The maximum absolute atomic E-state index is 12.3. The van der Waals surface area contributed by atoms with Gasteiger partial charge in [-0.3, -0.25) is 4.90 Å². The third-order valence-electron chi connectivity index (χ3n) is 4.80. The topological polar surface area (TPSA) is 67.6 Å². The highest BCUT2D eigenvalue weighted by Gasteiger charge is 2.27. The van der Waals surface area contributed by atoms with Crippen LogP contribution < -0.4 is 0 Å². The zero-order chi connectivity index (χ0) is 17.8. The molecule has 0 unspecified atom stereocenters. The minimum atomic E-state index is -0.325. The van der Waals surface area contributed by atoms with Crippen molar-refractivity contribution in [2.75, 3.05) is 6.54 Å². The minimum absolute atomic E-state index is 0.0227. The summed E-state index contributed by atoms with van der Waals surface area (Å²) in [5.74, 6) is 1.11. The predicted octanol–water partition coefficient (Wildman–Crippen LogP) is 3.04. The third kappa shape index (κ3) is 3.69. The van der Waals surface area contributed by atoms with Gasteiger partial charge in [-0.15, -0.1) is 0 Å². The number of fused-ring (bicyclic) bond motifs is 1. The average Bonchev–Trinajstić information content (AvgIpc) is 3.04. The van der Waals surface area contributed by atoms with Gasteiger partial charge in [-0.1, -0.05) is 44.2 Å². The molecule has 2 heterocycles. The van der Waals surface area contributed by atoms with E-state index in [2.05, 4.69) is 13.8 Å². The van der Waals surface area contributed by atoms with Gasteiger partial charge in [0.15, 0.2) is 0 Å². The highest BCUT2D eigenvalue weighted by atomic mass is 16.6. The molecule has 0 saturated heterocycles. The molecule has 0 radical (unpaired) electrons. The standard InChI is InChI=1S/C19H25N3O3/c1-3-14(2)18-16(12-23)22-10-9-21(11-17(22)20-18)19(24)25-13-15-7-5-4-6-8-15/h4-8,14,23H,3,9-13H2,1-2H3/t14-/m1/s1. The molecule has 1 aliphatic rings. The maximum atomic E-state index is 12.3. The molecule has 1 atom stereocenters. The summed E-state index contributed by atoms with van der Waals surface area (Å²) in [5.41, 5.74) is 2.79. The predicted molar refractivity (Wildman–Crippen MR) is 93.9 cm³/mol. The van der Waals surface area contributed by atoms with Gasteiger partial charge in [0.1, 0.15) is 12.4 Å². The first-order valence-electron chi connectivity index (χ1n) is 8.78. The fourth-order valence-corrected chi connectivity index (χ4v) is 3.13. The molecule has 1 aromatic carbocycles. The van der Waals surface area contributed by atoms with E-state index in [9.17, 15) is 9.90 Å². The van der Waals surface area contributed by atoms with Crippen molar-refractivity contribution >= 4 is 6.09 Å². The van der Waals surface area contributed by atoms with Crippen molar-refractivity contribution in [3.05, 3.63) is 53.1 Å². The summed E-state index contributed by atoms with van der Waals surface area (Å²) in [6.07, 6.45) is 0.639. The smallest absolute Gasteiger partial charge is 0.410 e. The van der Waals surface area contributed by atoms with Crippen LogP contribution in [0.4, 0.5) is 4.79 Å². The zero-order valence-electron chi connectivity index (χ0n) is 14.8. The molecular formula is C19H25N3O3. The summed E-state index contributed by atoms with van der Waals surface area (Å²) < 4.78 is 7.46. The van der Waals surface area contributed by atoms with Crippen LogP contribution >= 0.6 is 0 Å². The normalized spacial score (nSPS) is 14.9. The van der Waals surface area contributed by atoms with E-state index >= 15 is 0 Å². The Kier molecular flexibility index (Phi) is 5.38. The first-order valence-corrected chi connectivity index (χ1v) is 8.78. The Morgan fingerprint density at radius 1 is 1.32 bits per heavy atom. The monoisotopic (exact) mass is 343 g/mol. The zero-order valence-corrected chi connectivity index (χ0v) is 14.8. The number of rotatable bonds is 5. The van der Waals surface area contributed by atoms with Crippen molar-refractivity contribution in [2.45, 2.75) is 52.5 Å². The van der Waals surface area contributed by atoms with Crippen LogP contribution in [0.25, 0.3) is 0 Å². The van der Waals surface area contributed by atoms with Crippen molar-refractivity contribution in [3.63, 3.8) is 0 Å². The molecule has 0 aliphatic carbocycles. The maximum Gasteiger partial charge on any atom is 0.410 e. The van der Waals surface area contributed by atoms with Gasteiger partial charge in [-0.05, 0) is 12.0 Å². The van der Waals surface area contributed by atoms with Crippen molar-refractivity contribution in [1.82, 2.24) is 14.5 Å². The molecule has 25 heavy (non-hydrogen) atoms. The minimum Gasteiger partial charge on any atom is -0.445 e. The Bertz CT molecular complexity index is 727. The lowest BCUT2D eigenvalue weighted by Gasteiger charge is -2.27. The van der Waals surface area contributed by atoms with Crippen molar-refractivity contribution in [3.8, 4) is 0 Å². The number of aliphatic hydroxyl groups excluding tert-OH is 1. The molecule has 1 aliphatic heterocycles. The summed E-state index contributed by atoms with van der Waals surface area (Å²) in [6, 6.07) is 9.65. The van der Waals surface area contributed by atoms with Crippen LogP contribution in [0.2, 0.25) is 0 Å². The Labute approximate surface area is 148 Å². The Morgan fingerprint density at radius 2 is 2.08 bits per heavy atom. The van der Waals surface area contributed by atoms with Crippen LogP contribution in [0.3, 0.4) is 0 Å². The fourth-order valence-electron chi connectivity index (χ4n) is 3.13. The molecule has 0 saturated carbocycles. The van der Waals surface area contributed by atoms with E-state index in [1.165, 1.54) is 0 Å². The van der Waals surface area contributed by atoms with Crippen molar-refractivity contribution in [2.24, 2.45) is 0 Å². The lowest BCUT2D eigenvalue weighted by Crippen LogP contribution is -2.39. The molecule has 1 N–H and O–H groups in total. The molecule has 0 fully saturated rings. The lowest BCUT2D eigenvalue weighted by atomic mass is 10.0. The number of carbonyl (C=O) groups is 1.